The summed E-state index contributed by atoms with van der Waals surface area (Å²) in [6, 6.07) is 21.2. The first-order valence-electron chi connectivity index (χ1n) is 11.6. The molecule has 1 aliphatic heterocycles. The van der Waals surface area contributed by atoms with E-state index in [1.807, 2.05) is 11.0 Å². The van der Waals surface area contributed by atoms with E-state index >= 15 is 0 Å². The molecule has 3 unspecified atom stereocenters. The van der Waals surface area contributed by atoms with Crippen LogP contribution in [-0.2, 0) is 11.2 Å². The SMILES string of the molecule is CCNC(=NCC1CC(=O)N(CCc2ccccc2)C1)NCC1CC1c1ccccc1.I. The zero-order chi connectivity index (χ0) is 21.5. The van der Waals surface area contributed by atoms with Crippen LogP contribution in [0.2, 0.25) is 0 Å². The number of rotatable bonds is 9. The molecule has 0 spiro atoms. The van der Waals surface area contributed by atoms with Gasteiger partial charge in [-0.1, -0.05) is 60.7 Å². The van der Waals surface area contributed by atoms with E-state index in [0.717, 1.165) is 38.6 Å². The second-order valence-electron chi connectivity index (χ2n) is 8.76. The van der Waals surface area contributed by atoms with E-state index in [1.165, 1.54) is 17.5 Å². The van der Waals surface area contributed by atoms with Gasteiger partial charge in [0.25, 0.3) is 0 Å². The van der Waals surface area contributed by atoms with E-state index in [9.17, 15) is 4.79 Å². The Kier molecular flexibility index (Phi) is 9.38. The maximum atomic E-state index is 12.4. The van der Waals surface area contributed by atoms with Crippen molar-refractivity contribution >= 4 is 35.8 Å². The van der Waals surface area contributed by atoms with Gasteiger partial charge in [0.05, 0.1) is 0 Å². The molecule has 2 aromatic rings. The van der Waals surface area contributed by atoms with Gasteiger partial charge in [-0.15, -0.1) is 24.0 Å². The first kappa shape index (κ1) is 24.6. The summed E-state index contributed by atoms with van der Waals surface area (Å²) in [6.07, 6.45) is 2.76. The Bertz CT molecular complexity index is 874. The van der Waals surface area contributed by atoms with Crippen molar-refractivity contribution in [3.8, 4) is 0 Å². The molecule has 2 fully saturated rings. The van der Waals surface area contributed by atoms with Crippen LogP contribution in [-0.4, -0.2) is 49.5 Å². The fraction of sp³-hybridized carbons (Fsp3) is 0.462. The second kappa shape index (κ2) is 12.2. The molecule has 2 N–H and O–H groups in total. The van der Waals surface area contributed by atoms with E-state index in [4.69, 9.17) is 4.99 Å². The standard InChI is InChI=1S/C26H34N4O.HI/c1-2-27-26(29-18-23-16-24(23)22-11-7-4-8-12-22)28-17-21-15-25(31)30(19-21)14-13-20-9-5-3-6-10-20;/h3-12,21,23-24H,2,13-19H2,1H3,(H2,27,28,29);1H. The fourth-order valence-electron chi connectivity index (χ4n) is 4.47. The largest absolute Gasteiger partial charge is 0.357 e. The summed E-state index contributed by atoms with van der Waals surface area (Å²) >= 11 is 0. The lowest BCUT2D eigenvalue weighted by molar-refractivity contribution is -0.127. The number of nitrogens with one attached hydrogen (secondary N) is 2. The van der Waals surface area contributed by atoms with Gasteiger partial charge in [0.2, 0.25) is 5.91 Å². The molecule has 0 aromatic heterocycles. The van der Waals surface area contributed by atoms with Gasteiger partial charge < -0.3 is 15.5 Å². The summed E-state index contributed by atoms with van der Waals surface area (Å²) in [5.74, 6) is 2.78. The molecule has 3 atom stereocenters. The van der Waals surface area contributed by atoms with Crippen molar-refractivity contribution < 1.29 is 4.79 Å². The van der Waals surface area contributed by atoms with E-state index in [2.05, 4.69) is 72.2 Å². The molecule has 172 valence electrons. The van der Waals surface area contributed by atoms with Crippen LogP contribution < -0.4 is 10.6 Å². The number of benzene rings is 2. The van der Waals surface area contributed by atoms with E-state index in [-0.39, 0.29) is 29.9 Å². The van der Waals surface area contributed by atoms with Crippen LogP contribution in [0.5, 0.6) is 0 Å². The Morgan fingerprint density at radius 3 is 2.50 bits per heavy atom. The minimum absolute atomic E-state index is 0. The zero-order valence-corrected chi connectivity index (χ0v) is 21.2. The van der Waals surface area contributed by atoms with E-state index < -0.39 is 0 Å². The van der Waals surface area contributed by atoms with Crippen molar-refractivity contribution in [2.75, 3.05) is 32.7 Å². The molecule has 2 aromatic carbocycles. The van der Waals surface area contributed by atoms with Crippen LogP contribution in [0.4, 0.5) is 0 Å². The quantitative estimate of drug-likeness (QED) is 0.284. The molecular weight excluding hydrogens is 511 g/mol. The van der Waals surface area contributed by atoms with Gasteiger partial charge in [0.1, 0.15) is 0 Å². The Morgan fingerprint density at radius 2 is 1.78 bits per heavy atom. The summed E-state index contributed by atoms with van der Waals surface area (Å²) in [7, 11) is 0. The third-order valence-electron chi connectivity index (χ3n) is 6.34. The second-order valence-corrected chi connectivity index (χ2v) is 8.76. The maximum absolute atomic E-state index is 12.4. The molecule has 32 heavy (non-hydrogen) atoms. The molecule has 1 heterocycles. The van der Waals surface area contributed by atoms with Gasteiger partial charge in [0.15, 0.2) is 5.96 Å². The highest BCUT2D eigenvalue weighted by atomic mass is 127. The number of nitrogens with zero attached hydrogens (tertiary/aromatic N) is 2. The highest BCUT2D eigenvalue weighted by molar-refractivity contribution is 14.0. The summed E-state index contributed by atoms with van der Waals surface area (Å²) < 4.78 is 0. The van der Waals surface area contributed by atoms with Crippen LogP contribution in [0, 0.1) is 11.8 Å². The molecule has 5 nitrogen and oxygen atoms in total. The van der Waals surface area contributed by atoms with Crippen molar-refractivity contribution in [1.29, 1.82) is 0 Å². The summed E-state index contributed by atoms with van der Waals surface area (Å²) in [5.41, 5.74) is 2.72. The molecule has 1 saturated heterocycles. The van der Waals surface area contributed by atoms with E-state index in [1.54, 1.807) is 0 Å². The number of amides is 1. The summed E-state index contributed by atoms with van der Waals surface area (Å²) in [6.45, 7) is 6.17. The monoisotopic (exact) mass is 546 g/mol. The first-order valence-corrected chi connectivity index (χ1v) is 11.6. The normalized spacial score (nSPS) is 22.4. The van der Waals surface area contributed by atoms with Gasteiger partial charge in [-0.2, -0.15) is 0 Å². The maximum Gasteiger partial charge on any atom is 0.223 e. The number of hydrogen-bond acceptors (Lipinski definition) is 2. The topological polar surface area (TPSA) is 56.7 Å². The smallest absolute Gasteiger partial charge is 0.223 e. The number of likely N-dealkylation sites (tertiary alicyclic amines) is 1. The Morgan fingerprint density at radius 1 is 1.06 bits per heavy atom. The van der Waals surface area contributed by atoms with Gasteiger partial charge in [-0.05, 0) is 42.7 Å². The molecule has 4 rings (SSSR count). The Labute approximate surface area is 209 Å². The minimum atomic E-state index is 0. The van der Waals surface area contributed by atoms with Crippen molar-refractivity contribution in [1.82, 2.24) is 15.5 Å². The van der Waals surface area contributed by atoms with Crippen LogP contribution in [0.3, 0.4) is 0 Å². The third kappa shape index (κ3) is 6.95. The molecule has 0 bridgehead atoms. The molecule has 2 aliphatic rings. The van der Waals surface area contributed by atoms with Crippen molar-refractivity contribution in [2.24, 2.45) is 16.8 Å². The molecule has 0 radical (unpaired) electrons. The molecule has 1 saturated carbocycles. The number of aliphatic imine (C=N–C) groups is 1. The van der Waals surface area contributed by atoms with Gasteiger partial charge in [0, 0.05) is 45.1 Å². The first-order chi connectivity index (χ1) is 15.2. The lowest BCUT2D eigenvalue weighted by atomic mass is 10.1. The minimum Gasteiger partial charge on any atom is -0.357 e. The third-order valence-corrected chi connectivity index (χ3v) is 6.34. The van der Waals surface area contributed by atoms with Gasteiger partial charge >= 0.3 is 0 Å². The lowest BCUT2D eigenvalue weighted by Crippen LogP contribution is -2.39. The van der Waals surface area contributed by atoms with Gasteiger partial charge in [-0.25, -0.2) is 0 Å². The molecule has 1 aliphatic carbocycles. The van der Waals surface area contributed by atoms with Crippen LogP contribution in [0.25, 0.3) is 0 Å². The molecule has 6 heteroatoms. The van der Waals surface area contributed by atoms with Crippen LogP contribution in [0.1, 0.15) is 36.8 Å². The van der Waals surface area contributed by atoms with Crippen molar-refractivity contribution in [3.63, 3.8) is 0 Å². The Balaban J connectivity index is 0.00000289. The highest BCUT2D eigenvalue weighted by Gasteiger charge is 2.37. The zero-order valence-electron chi connectivity index (χ0n) is 18.9. The predicted octanol–water partition coefficient (Wildman–Crippen LogP) is 4.05. The fourth-order valence-corrected chi connectivity index (χ4v) is 4.47. The number of guanidine groups is 1. The summed E-state index contributed by atoms with van der Waals surface area (Å²) in [4.78, 5) is 19.2. The predicted molar refractivity (Wildman–Crippen MR) is 142 cm³/mol. The number of halogens is 1. The van der Waals surface area contributed by atoms with Crippen molar-refractivity contribution in [2.45, 2.75) is 32.1 Å². The lowest BCUT2D eigenvalue weighted by Gasteiger charge is -2.16. The molecular formula is C26H35IN4O. The van der Waals surface area contributed by atoms with Crippen LogP contribution in [0.15, 0.2) is 65.7 Å². The number of carbonyl (C=O) groups is 1. The average Bonchev–Trinajstić information content (AvgIpc) is 3.50. The summed E-state index contributed by atoms with van der Waals surface area (Å²) in [5, 5.41) is 6.87. The van der Waals surface area contributed by atoms with E-state index in [0.29, 0.717) is 30.7 Å². The molecule has 1 amide bonds. The van der Waals surface area contributed by atoms with Gasteiger partial charge in [-0.3, -0.25) is 9.79 Å². The average molecular weight is 546 g/mol. The van der Waals surface area contributed by atoms with Crippen molar-refractivity contribution in [3.05, 3.63) is 71.8 Å². The number of carbonyl (C=O) groups excluding carboxylic acids is 1. The number of hydrogen-bond donors (Lipinski definition) is 2. The van der Waals surface area contributed by atoms with Crippen LogP contribution >= 0.6 is 24.0 Å². The highest BCUT2D eigenvalue weighted by Crippen LogP contribution is 2.46. The Hall–Kier alpha value is -2.09.